The lowest BCUT2D eigenvalue weighted by molar-refractivity contribution is 0.193. The normalized spacial score (nSPS) is 20.2. The number of para-hydroxylation sites is 1. The molecule has 0 atom stereocenters. The number of piperidine rings is 1. The molecule has 1 aromatic carbocycles. The first-order valence-electron chi connectivity index (χ1n) is 8.78. The minimum Gasteiger partial charge on any atom is -0.317 e. The third kappa shape index (κ3) is 3.37. The van der Waals surface area contributed by atoms with Crippen LogP contribution in [-0.2, 0) is 6.54 Å². The Morgan fingerprint density at radius 1 is 1.12 bits per heavy atom. The summed E-state index contributed by atoms with van der Waals surface area (Å²) in [6.07, 6.45) is 6.07. The Kier molecular flexibility index (Phi) is 5.28. The topological polar surface area (TPSA) is 33.1 Å². The first kappa shape index (κ1) is 17.5. The maximum Gasteiger partial charge on any atom is 0.110 e. The third-order valence-electron chi connectivity index (χ3n) is 5.59. The van der Waals surface area contributed by atoms with Crippen LogP contribution in [0.3, 0.4) is 0 Å². The number of aryl methyl sites for hydroxylation is 1. The Morgan fingerprint density at radius 3 is 2.62 bits per heavy atom. The number of hydrogen-bond donors (Lipinski definition) is 1. The summed E-state index contributed by atoms with van der Waals surface area (Å²) >= 11 is 0. The van der Waals surface area contributed by atoms with Crippen molar-refractivity contribution in [3.63, 3.8) is 0 Å². The van der Waals surface area contributed by atoms with Gasteiger partial charge in [-0.25, -0.2) is 4.98 Å². The molecule has 5 heteroatoms. The lowest BCUT2D eigenvalue weighted by atomic mass is 9.78. The van der Waals surface area contributed by atoms with Crippen LogP contribution in [0.5, 0.6) is 0 Å². The van der Waals surface area contributed by atoms with Crippen LogP contribution in [0.2, 0.25) is 0 Å². The summed E-state index contributed by atoms with van der Waals surface area (Å²) in [4.78, 5) is 7.19. The Labute approximate surface area is 150 Å². The monoisotopic (exact) mass is 346 g/mol. The van der Waals surface area contributed by atoms with E-state index >= 15 is 0 Å². The number of halogens is 1. The highest BCUT2D eigenvalue weighted by molar-refractivity contribution is 5.85. The van der Waals surface area contributed by atoms with Gasteiger partial charge >= 0.3 is 0 Å². The van der Waals surface area contributed by atoms with Gasteiger partial charge in [-0.3, -0.25) is 9.47 Å². The number of rotatable bonds is 3. The molecule has 2 saturated heterocycles. The van der Waals surface area contributed by atoms with Crippen molar-refractivity contribution >= 4 is 12.4 Å². The zero-order valence-corrected chi connectivity index (χ0v) is 15.2. The van der Waals surface area contributed by atoms with E-state index in [0.29, 0.717) is 5.41 Å². The van der Waals surface area contributed by atoms with Crippen molar-refractivity contribution in [3.05, 3.63) is 48.0 Å². The first-order chi connectivity index (χ1) is 11.3. The minimum atomic E-state index is 0. The van der Waals surface area contributed by atoms with Crippen LogP contribution in [0, 0.1) is 12.3 Å². The molecule has 3 heterocycles. The number of likely N-dealkylation sites (tertiary alicyclic amines) is 1. The van der Waals surface area contributed by atoms with Crippen LogP contribution in [0.4, 0.5) is 0 Å². The van der Waals surface area contributed by atoms with E-state index < -0.39 is 0 Å². The van der Waals surface area contributed by atoms with Gasteiger partial charge in [0, 0.05) is 18.8 Å². The second-order valence-corrected chi connectivity index (χ2v) is 7.18. The molecule has 2 aromatic rings. The van der Waals surface area contributed by atoms with E-state index in [1.54, 1.807) is 0 Å². The highest BCUT2D eigenvalue weighted by Gasteiger charge is 2.38. The van der Waals surface area contributed by atoms with Crippen molar-refractivity contribution in [2.75, 3.05) is 26.2 Å². The molecule has 130 valence electrons. The quantitative estimate of drug-likeness (QED) is 0.926. The molecular weight excluding hydrogens is 320 g/mol. The molecule has 0 amide bonds. The molecule has 1 N–H and O–H groups in total. The van der Waals surface area contributed by atoms with Crippen LogP contribution in [0.1, 0.15) is 30.8 Å². The van der Waals surface area contributed by atoms with E-state index in [0.717, 1.165) is 12.4 Å². The summed E-state index contributed by atoms with van der Waals surface area (Å²) in [6.45, 7) is 7.94. The standard InChI is InChI=1S/C19H26N4.ClH/c1-16-21-13-18(23(16)17-5-3-2-4-6-17)14-22-12-9-19(15-22)7-10-20-11-8-19;/h2-6,13,20H,7-12,14-15H2,1H3;1H. The van der Waals surface area contributed by atoms with Gasteiger partial charge < -0.3 is 5.32 Å². The van der Waals surface area contributed by atoms with Gasteiger partial charge in [-0.2, -0.15) is 0 Å². The van der Waals surface area contributed by atoms with E-state index in [9.17, 15) is 0 Å². The van der Waals surface area contributed by atoms with E-state index in [1.807, 2.05) is 0 Å². The van der Waals surface area contributed by atoms with Crippen LogP contribution in [0.15, 0.2) is 36.5 Å². The Balaban J connectivity index is 0.00000169. The lowest BCUT2D eigenvalue weighted by Gasteiger charge is -2.34. The highest BCUT2D eigenvalue weighted by Crippen LogP contribution is 2.39. The van der Waals surface area contributed by atoms with Crippen LogP contribution >= 0.6 is 12.4 Å². The molecule has 0 unspecified atom stereocenters. The SMILES string of the molecule is Cc1ncc(CN2CCC3(CCNCC3)C2)n1-c1ccccc1.Cl. The maximum atomic E-state index is 4.57. The van der Waals surface area contributed by atoms with Crippen molar-refractivity contribution in [2.24, 2.45) is 5.41 Å². The fourth-order valence-electron chi connectivity index (χ4n) is 4.29. The number of nitrogens with one attached hydrogen (secondary N) is 1. The summed E-state index contributed by atoms with van der Waals surface area (Å²) in [7, 11) is 0. The summed E-state index contributed by atoms with van der Waals surface area (Å²) < 4.78 is 2.30. The average Bonchev–Trinajstić information content (AvgIpc) is 3.13. The molecule has 0 radical (unpaired) electrons. The fourth-order valence-corrected chi connectivity index (χ4v) is 4.29. The van der Waals surface area contributed by atoms with E-state index in [1.165, 1.54) is 56.8 Å². The van der Waals surface area contributed by atoms with Crippen LogP contribution < -0.4 is 5.32 Å². The minimum absolute atomic E-state index is 0. The van der Waals surface area contributed by atoms with Gasteiger partial charge in [0.2, 0.25) is 0 Å². The molecule has 0 aliphatic carbocycles. The van der Waals surface area contributed by atoms with Crippen molar-refractivity contribution in [3.8, 4) is 5.69 Å². The Morgan fingerprint density at radius 2 is 1.88 bits per heavy atom. The van der Waals surface area contributed by atoms with Gasteiger partial charge in [-0.15, -0.1) is 12.4 Å². The molecular formula is C19H27ClN4. The van der Waals surface area contributed by atoms with Gasteiger partial charge in [0.25, 0.3) is 0 Å². The maximum absolute atomic E-state index is 4.57. The van der Waals surface area contributed by atoms with Crippen molar-refractivity contribution < 1.29 is 0 Å². The average molecular weight is 347 g/mol. The third-order valence-corrected chi connectivity index (χ3v) is 5.59. The smallest absolute Gasteiger partial charge is 0.110 e. The lowest BCUT2D eigenvalue weighted by Crippen LogP contribution is -2.38. The Bertz CT molecular complexity index is 661. The zero-order chi connectivity index (χ0) is 15.7. The number of aromatic nitrogens is 2. The number of nitrogens with zero attached hydrogens (tertiary/aromatic N) is 3. The summed E-state index contributed by atoms with van der Waals surface area (Å²) in [5, 5.41) is 3.50. The van der Waals surface area contributed by atoms with Gasteiger partial charge in [0.1, 0.15) is 5.82 Å². The molecule has 4 nitrogen and oxygen atoms in total. The van der Waals surface area contributed by atoms with Crippen LogP contribution in [-0.4, -0.2) is 40.6 Å². The second kappa shape index (κ2) is 7.26. The number of imidazole rings is 1. The van der Waals surface area contributed by atoms with Gasteiger partial charge in [-0.05, 0) is 63.4 Å². The highest BCUT2D eigenvalue weighted by atomic mass is 35.5. The van der Waals surface area contributed by atoms with Crippen LogP contribution in [0.25, 0.3) is 5.69 Å². The predicted molar refractivity (Wildman–Crippen MR) is 100.0 cm³/mol. The van der Waals surface area contributed by atoms with E-state index in [4.69, 9.17) is 0 Å². The first-order valence-corrected chi connectivity index (χ1v) is 8.78. The molecule has 1 aromatic heterocycles. The molecule has 2 aliphatic heterocycles. The molecule has 2 aliphatic rings. The fraction of sp³-hybridized carbons (Fsp3) is 0.526. The summed E-state index contributed by atoms with van der Waals surface area (Å²) in [5.74, 6) is 1.07. The van der Waals surface area contributed by atoms with Crippen molar-refractivity contribution in [2.45, 2.75) is 32.7 Å². The van der Waals surface area contributed by atoms with E-state index in [2.05, 4.69) is 63.2 Å². The Hall–Kier alpha value is -1.36. The van der Waals surface area contributed by atoms with E-state index in [-0.39, 0.29) is 12.4 Å². The van der Waals surface area contributed by atoms with Gasteiger partial charge in [0.05, 0.1) is 11.9 Å². The zero-order valence-electron chi connectivity index (χ0n) is 14.4. The number of benzene rings is 1. The van der Waals surface area contributed by atoms with Gasteiger partial charge in [-0.1, -0.05) is 18.2 Å². The van der Waals surface area contributed by atoms with Crippen molar-refractivity contribution in [1.82, 2.24) is 19.8 Å². The van der Waals surface area contributed by atoms with Crippen molar-refractivity contribution in [1.29, 1.82) is 0 Å². The molecule has 0 saturated carbocycles. The molecule has 1 spiro atoms. The molecule has 24 heavy (non-hydrogen) atoms. The summed E-state index contributed by atoms with van der Waals surface area (Å²) in [6, 6.07) is 10.6. The predicted octanol–water partition coefficient (Wildman–Crippen LogP) is 3.18. The molecule has 2 fully saturated rings. The largest absolute Gasteiger partial charge is 0.317 e. The summed E-state index contributed by atoms with van der Waals surface area (Å²) in [5.41, 5.74) is 3.09. The second-order valence-electron chi connectivity index (χ2n) is 7.18. The van der Waals surface area contributed by atoms with Gasteiger partial charge in [0.15, 0.2) is 0 Å². The molecule has 4 rings (SSSR count). The molecule has 0 bridgehead atoms. The number of hydrogen-bond acceptors (Lipinski definition) is 3.